The van der Waals surface area contributed by atoms with E-state index in [0.29, 0.717) is 10.8 Å². The van der Waals surface area contributed by atoms with Gasteiger partial charge in [0.2, 0.25) is 0 Å². The summed E-state index contributed by atoms with van der Waals surface area (Å²) in [5.41, 5.74) is 11.1. The average Bonchev–Trinajstić information content (AvgIpc) is 3.96. The maximum Gasteiger partial charge on any atom is 0.197 e. The molecular formula is C53H32N6O. The van der Waals surface area contributed by atoms with Crippen molar-refractivity contribution in [2.45, 2.75) is 0 Å². The van der Waals surface area contributed by atoms with Crippen LogP contribution in [0, 0.1) is 0 Å². The van der Waals surface area contributed by atoms with E-state index >= 15 is 0 Å². The van der Waals surface area contributed by atoms with E-state index < -0.39 is 0 Å². The summed E-state index contributed by atoms with van der Waals surface area (Å²) >= 11 is 0. The fourth-order valence-electron chi connectivity index (χ4n) is 9.92. The maximum absolute atomic E-state index is 14.3. The molecule has 7 aromatic carbocycles. The first-order valence-electron chi connectivity index (χ1n) is 20.1. The molecule has 0 spiro atoms. The lowest BCUT2D eigenvalue weighted by Crippen LogP contribution is -2.11. The largest absolute Gasteiger partial charge is 0.309 e. The molecule has 0 radical (unpaired) electrons. The second kappa shape index (κ2) is 12.4. The number of aromatic nitrogens is 6. The molecule has 7 heteroatoms. The molecular weight excluding hydrogens is 737 g/mol. The smallest absolute Gasteiger partial charge is 0.197 e. The number of hydrogen-bond donors (Lipinski definition) is 0. The number of hydrogen-bond acceptors (Lipinski definition) is 3. The third-order valence-corrected chi connectivity index (χ3v) is 12.2. The Labute approximate surface area is 341 Å². The van der Waals surface area contributed by atoms with Crippen LogP contribution in [0.25, 0.3) is 110 Å². The highest BCUT2D eigenvalue weighted by Crippen LogP contribution is 2.50. The number of benzene rings is 7. The van der Waals surface area contributed by atoms with Gasteiger partial charge in [-0.2, -0.15) is 0 Å². The summed E-state index contributed by atoms with van der Waals surface area (Å²) in [6.45, 7) is 0. The minimum absolute atomic E-state index is 0.0206. The molecule has 13 rings (SSSR count). The number of rotatable bonds is 4. The Balaban J connectivity index is 1.31. The van der Waals surface area contributed by atoms with Gasteiger partial charge in [-0.15, -0.1) is 0 Å². The summed E-state index contributed by atoms with van der Waals surface area (Å²) in [6.07, 6.45) is 5.64. The van der Waals surface area contributed by atoms with Crippen LogP contribution >= 0.6 is 0 Å². The van der Waals surface area contributed by atoms with E-state index in [0.717, 1.165) is 99.3 Å². The van der Waals surface area contributed by atoms with E-state index in [2.05, 4.69) is 139 Å². The summed E-state index contributed by atoms with van der Waals surface area (Å²) in [6, 6.07) is 60.9. The van der Waals surface area contributed by atoms with Gasteiger partial charge < -0.3 is 13.7 Å². The molecule has 0 saturated heterocycles. The maximum atomic E-state index is 14.3. The molecule has 6 heterocycles. The normalized spacial score (nSPS) is 12.1. The lowest BCUT2D eigenvalue weighted by molar-refractivity contribution is 1.07. The zero-order valence-corrected chi connectivity index (χ0v) is 32.1. The van der Waals surface area contributed by atoms with Gasteiger partial charge in [-0.25, -0.2) is 4.98 Å². The zero-order chi connectivity index (χ0) is 39.5. The van der Waals surface area contributed by atoms with E-state index in [1.165, 1.54) is 0 Å². The predicted molar refractivity (Wildman–Crippen MR) is 246 cm³/mol. The third-order valence-electron chi connectivity index (χ3n) is 12.2. The first-order valence-corrected chi connectivity index (χ1v) is 20.1. The van der Waals surface area contributed by atoms with Crippen LogP contribution in [-0.2, 0) is 0 Å². The van der Waals surface area contributed by atoms with Crippen LogP contribution in [0.15, 0.2) is 199 Å². The van der Waals surface area contributed by atoms with Gasteiger partial charge in [0.05, 0.1) is 56.0 Å². The van der Waals surface area contributed by atoms with E-state index in [1.54, 1.807) is 0 Å². The summed E-state index contributed by atoms with van der Waals surface area (Å²) in [7, 11) is 0. The van der Waals surface area contributed by atoms with Crippen molar-refractivity contribution < 1.29 is 0 Å². The van der Waals surface area contributed by atoms with Crippen LogP contribution < -0.4 is 5.43 Å². The van der Waals surface area contributed by atoms with Crippen molar-refractivity contribution in [2.24, 2.45) is 0 Å². The monoisotopic (exact) mass is 768 g/mol. The molecule has 6 aromatic heterocycles. The molecule has 0 aliphatic heterocycles. The highest BCUT2D eigenvalue weighted by atomic mass is 16.1. The van der Waals surface area contributed by atoms with E-state index in [9.17, 15) is 4.79 Å². The molecule has 60 heavy (non-hydrogen) atoms. The van der Waals surface area contributed by atoms with Crippen molar-refractivity contribution in [3.63, 3.8) is 0 Å². The highest BCUT2D eigenvalue weighted by Gasteiger charge is 2.29. The Morgan fingerprint density at radius 3 is 1.55 bits per heavy atom. The van der Waals surface area contributed by atoms with Crippen molar-refractivity contribution in [1.29, 1.82) is 0 Å². The van der Waals surface area contributed by atoms with Crippen LogP contribution in [-0.4, -0.2) is 28.2 Å². The molecule has 0 aliphatic rings. The topological polar surface area (TPSA) is 62.6 Å². The molecule has 0 amide bonds. The van der Waals surface area contributed by atoms with Crippen molar-refractivity contribution in [3.05, 3.63) is 205 Å². The number of para-hydroxylation sites is 5. The average molecular weight is 769 g/mol. The van der Waals surface area contributed by atoms with E-state index in [1.807, 2.05) is 79.3 Å². The number of fused-ring (bicyclic) bond motifs is 14. The Morgan fingerprint density at radius 2 is 0.883 bits per heavy atom. The third kappa shape index (κ3) is 4.35. The number of pyridine rings is 3. The van der Waals surface area contributed by atoms with Crippen molar-refractivity contribution in [2.75, 3.05) is 0 Å². The predicted octanol–water partition coefficient (Wildman–Crippen LogP) is 12.2. The summed E-state index contributed by atoms with van der Waals surface area (Å²) in [5.74, 6) is 0.833. The molecule has 0 atom stereocenters. The van der Waals surface area contributed by atoms with Gasteiger partial charge in [-0.1, -0.05) is 91.0 Å². The molecule has 7 nitrogen and oxygen atoms in total. The van der Waals surface area contributed by atoms with Gasteiger partial charge in [0.1, 0.15) is 5.82 Å². The minimum atomic E-state index is 0.0206. The SMILES string of the molecule is O=c1c2ccccc2n(-c2ccccc2)c2cc(-n3c4ccccc4c4c5c6ccccc6n(-c6cccnc6)c5c5c(c6ccccc6n5-c5ccccn5)c43)ccc12. The van der Waals surface area contributed by atoms with Gasteiger partial charge in [-0.3, -0.25) is 14.3 Å². The second-order valence-electron chi connectivity index (χ2n) is 15.3. The van der Waals surface area contributed by atoms with Gasteiger partial charge >= 0.3 is 0 Å². The van der Waals surface area contributed by atoms with Gasteiger partial charge in [0, 0.05) is 66.9 Å². The fourth-order valence-corrected chi connectivity index (χ4v) is 9.92. The molecule has 13 aromatic rings. The molecule has 0 N–H and O–H groups in total. The summed E-state index contributed by atoms with van der Waals surface area (Å²) < 4.78 is 9.36. The van der Waals surface area contributed by atoms with Gasteiger partial charge in [0.15, 0.2) is 5.43 Å². The summed E-state index contributed by atoms with van der Waals surface area (Å²) in [4.78, 5) is 23.9. The quantitative estimate of drug-likeness (QED) is 0.168. The first kappa shape index (κ1) is 32.8. The Bertz CT molecular complexity index is 3950. The lowest BCUT2D eigenvalue weighted by Gasteiger charge is -2.17. The standard InChI is InChI=1S/C53H32N6O/c60-53-39-21-7-11-25-44(39)56(33-15-2-1-3-16-33)45-31-34(27-28-40(45)53)57-41-22-8-4-18-36(41)47-48-37-19-5-9-23-42(37)58(35-17-14-29-54-32-35)51(48)52-49(50(47)57)38-20-6-10-24-43(38)59(52)46-26-12-13-30-55-46/h1-32H. The van der Waals surface area contributed by atoms with Gasteiger partial charge in [-0.05, 0) is 84.9 Å². The second-order valence-corrected chi connectivity index (χ2v) is 15.3. The Kier molecular flexibility index (Phi) is 6.75. The van der Waals surface area contributed by atoms with Crippen molar-refractivity contribution in [3.8, 4) is 22.9 Å². The highest BCUT2D eigenvalue weighted by molar-refractivity contribution is 6.40. The lowest BCUT2D eigenvalue weighted by atomic mass is 10.0. The van der Waals surface area contributed by atoms with Crippen molar-refractivity contribution >= 4 is 87.2 Å². The molecule has 0 unspecified atom stereocenters. The van der Waals surface area contributed by atoms with E-state index in [4.69, 9.17) is 4.98 Å². The van der Waals surface area contributed by atoms with Crippen LogP contribution in [0.1, 0.15) is 0 Å². The molecule has 0 fully saturated rings. The van der Waals surface area contributed by atoms with Crippen LogP contribution in [0.5, 0.6) is 0 Å². The first-order chi connectivity index (χ1) is 29.8. The zero-order valence-electron chi connectivity index (χ0n) is 32.1. The summed E-state index contributed by atoms with van der Waals surface area (Å²) in [5, 5.41) is 8.19. The minimum Gasteiger partial charge on any atom is -0.309 e. The Hall–Kier alpha value is -8.29. The molecule has 280 valence electrons. The van der Waals surface area contributed by atoms with E-state index in [-0.39, 0.29) is 5.43 Å². The Morgan fingerprint density at radius 1 is 0.350 bits per heavy atom. The van der Waals surface area contributed by atoms with Crippen LogP contribution in [0.3, 0.4) is 0 Å². The number of nitrogens with zero attached hydrogens (tertiary/aromatic N) is 6. The van der Waals surface area contributed by atoms with Crippen LogP contribution in [0.4, 0.5) is 0 Å². The molecule has 0 saturated carbocycles. The van der Waals surface area contributed by atoms with Crippen LogP contribution in [0.2, 0.25) is 0 Å². The molecule has 0 bridgehead atoms. The molecule has 0 aliphatic carbocycles. The fraction of sp³-hybridized carbons (Fsp3) is 0. The van der Waals surface area contributed by atoms with Gasteiger partial charge in [0.25, 0.3) is 0 Å². The van der Waals surface area contributed by atoms with Crippen molar-refractivity contribution in [1.82, 2.24) is 28.2 Å².